The van der Waals surface area contributed by atoms with Crippen LogP contribution in [-0.4, -0.2) is 21.7 Å². The minimum atomic E-state index is -0.955. The number of para-hydroxylation sites is 1. The van der Waals surface area contributed by atoms with Crippen molar-refractivity contribution >= 4 is 23.4 Å². The SMILES string of the molecule is O=C(NN1C(=O)c2ccccc2N[C@@H]1c1ccc([N+](=O)[O-])o1)c1ccccc1. The number of nitrogens with zero attached hydrogens (tertiary/aromatic N) is 2. The molecule has 0 unspecified atom stereocenters. The number of nitro groups is 1. The second-order valence-corrected chi connectivity index (χ2v) is 6.01. The molecule has 0 spiro atoms. The van der Waals surface area contributed by atoms with Crippen molar-refractivity contribution in [3.8, 4) is 0 Å². The van der Waals surface area contributed by atoms with Gasteiger partial charge in [-0.25, -0.2) is 5.01 Å². The van der Waals surface area contributed by atoms with E-state index in [1.54, 1.807) is 54.6 Å². The molecule has 0 radical (unpaired) electrons. The monoisotopic (exact) mass is 378 g/mol. The van der Waals surface area contributed by atoms with Gasteiger partial charge in [-0.2, -0.15) is 0 Å². The van der Waals surface area contributed by atoms with E-state index in [1.165, 1.54) is 12.1 Å². The lowest BCUT2D eigenvalue weighted by atomic mass is 10.1. The summed E-state index contributed by atoms with van der Waals surface area (Å²) in [5, 5.41) is 15.1. The standard InChI is InChI=1S/C19H14N4O5/c24-18(12-6-2-1-3-7-12)21-22-17(15-10-11-16(28-15)23(26)27)20-14-9-5-4-8-13(14)19(22)25/h1-11,17,20H,(H,21,24)/t17-/m0/s1. The lowest BCUT2D eigenvalue weighted by Crippen LogP contribution is -2.52. The van der Waals surface area contributed by atoms with Gasteiger partial charge in [0.15, 0.2) is 11.9 Å². The summed E-state index contributed by atoms with van der Waals surface area (Å²) in [6, 6.07) is 17.7. The Labute approximate surface area is 158 Å². The van der Waals surface area contributed by atoms with E-state index >= 15 is 0 Å². The molecule has 0 aliphatic carbocycles. The van der Waals surface area contributed by atoms with Crippen LogP contribution in [0.3, 0.4) is 0 Å². The molecule has 3 aromatic rings. The van der Waals surface area contributed by atoms with E-state index in [9.17, 15) is 19.7 Å². The number of benzene rings is 2. The molecule has 140 valence electrons. The van der Waals surface area contributed by atoms with Gasteiger partial charge in [0.25, 0.3) is 11.8 Å². The highest BCUT2D eigenvalue weighted by molar-refractivity contribution is 6.03. The molecule has 28 heavy (non-hydrogen) atoms. The Kier molecular flexibility index (Phi) is 4.24. The fraction of sp³-hybridized carbons (Fsp3) is 0.0526. The van der Waals surface area contributed by atoms with Gasteiger partial charge < -0.3 is 9.73 Å². The lowest BCUT2D eigenvalue weighted by Gasteiger charge is -2.36. The Morgan fingerprint density at radius 3 is 2.50 bits per heavy atom. The summed E-state index contributed by atoms with van der Waals surface area (Å²) in [5.41, 5.74) is 3.81. The van der Waals surface area contributed by atoms with Crippen LogP contribution in [0.5, 0.6) is 0 Å². The third kappa shape index (κ3) is 3.05. The smallest absolute Gasteiger partial charge is 0.401 e. The predicted octanol–water partition coefficient (Wildman–Crippen LogP) is 3.10. The number of hydrazine groups is 1. The highest BCUT2D eigenvalue weighted by Crippen LogP contribution is 2.33. The number of hydrogen-bond donors (Lipinski definition) is 2. The molecule has 9 heteroatoms. The number of furan rings is 1. The van der Waals surface area contributed by atoms with E-state index in [1.807, 2.05) is 0 Å². The predicted molar refractivity (Wildman–Crippen MR) is 98.2 cm³/mol. The van der Waals surface area contributed by atoms with Crippen LogP contribution in [0.15, 0.2) is 71.1 Å². The zero-order valence-electron chi connectivity index (χ0n) is 14.4. The maximum Gasteiger partial charge on any atom is 0.433 e. The first-order valence-electron chi connectivity index (χ1n) is 8.34. The van der Waals surface area contributed by atoms with E-state index < -0.39 is 28.8 Å². The first-order valence-corrected chi connectivity index (χ1v) is 8.34. The molecular formula is C19H14N4O5. The topological polar surface area (TPSA) is 118 Å². The highest BCUT2D eigenvalue weighted by atomic mass is 16.6. The van der Waals surface area contributed by atoms with Crippen LogP contribution in [0.4, 0.5) is 11.6 Å². The largest absolute Gasteiger partial charge is 0.433 e. The molecule has 1 aromatic heterocycles. The highest BCUT2D eigenvalue weighted by Gasteiger charge is 2.37. The number of rotatable bonds is 4. The van der Waals surface area contributed by atoms with Crippen molar-refractivity contribution in [2.24, 2.45) is 0 Å². The fourth-order valence-electron chi connectivity index (χ4n) is 2.92. The molecule has 2 heterocycles. The summed E-state index contributed by atoms with van der Waals surface area (Å²) >= 11 is 0. The summed E-state index contributed by atoms with van der Waals surface area (Å²) in [5.74, 6) is -1.32. The van der Waals surface area contributed by atoms with Crippen molar-refractivity contribution in [3.63, 3.8) is 0 Å². The van der Waals surface area contributed by atoms with Crippen molar-refractivity contribution in [1.29, 1.82) is 0 Å². The number of amides is 2. The second-order valence-electron chi connectivity index (χ2n) is 6.01. The molecule has 1 aliphatic heterocycles. The Morgan fingerprint density at radius 1 is 1.07 bits per heavy atom. The third-order valence-electron chi connectivity index (χ3n) is 4.25. The van der Waals surface area contributed by atoms with Crippen molar-refractivity contribution < 1.29 is 18.9 Å². The van der Waals surface area contributed by atoms with Crippen molar-refractivity contribution in [3.05, 3.63) is 93.7 Å². The first-order chi connectivity index (χ1) is 13.5. The lowest BCUT2D eigenvalue weighted by molar-refractivity contribution is -0.402. The third-order valence-corrected chi connectivity index (χ3v) is 4.25. The number of anilines is 1. The molecule has 0 fully saturated rings. The van der Waals surface area contributed by atoms with Crippen LogP contribution in [0.2, 0.25) is 0 Å². The normalized spacial score (nSPS) is 15.5. The summed E-state index contributed by atoms with van der Waals surface area (Å²) in [4.78, 5) is 35.9. The van der Waals surface area contributed by atoms with Gasteiger partial charge in [-0.15, -0.1) is 0 Å². The van der Waals surface area contributed by atoms with Crippen molar-refractivity contribution in [1.82, 2.24) is 10.4 Å². The van der Waals surface area contributed by atoms with Gasteiger partial charge in [0.2, 0.25) is 0 Å². The minimum absolute atomic E-state index is 0.114. The zero-order chi connectivity index (χ0) is 19.7. The maximum atomic E-state index is 13.0. The zero-order valence-corrected chi connectivity index (χ0v) is 14.4. The molecule has 0 bridgehead atoms. The Morgan fingerprint density at radius 2 is 1.79 bits per heavy atom. The van der Waals surface area contributed by atoms with Crippen LogP contribution in [0.1, 0.15) is 32.6 Å². The van der Waals surface area contributed by atoms with Crippen LogP contribution in [0, 0.1) is 10.1 Å². The van der Waals surface area contributed by atoms with E-state index in [0.717, 1.165) is 5.01 Å². The number of nitrogens with one attached hydrogen (secondary N) is 2. The van der Waals surface area contributed by atoms with E-state index in [4.69, 9.17) is 4.42 Å². The van der Waals surface area contributed by atoms with E-state index in [0.29, 0.717) is 16.8 Å². The molecule has 0 saturated heterocycles. The van der Waals surface area contributed by atoms with Crippen LogP contribution < -0.4 is 10.7 Å². The Balaban J connectivity index is 1.71. The maximum absolute atomic E-state index is 13.0. The van der Waals surface area contributed by atoms with Crippen LogP contribution in [-0.2, 0) is 0 Å². The molecule has 2 amide bonds. The van der Waals surface area contributed by atoms with E-state index in [-0.39, 0.29) is 5.76 Å². The molecule has 2 aromatic carbocycles. The number of carbonyl (C=O) groups excluding carboxylic acids is 2. The summed E-state index contributed by atoms with van der Waals surface area (Å²) in [7, 11) is 0. The van der Waals surface area contributed by atoms with Crippen LogP contribution in [0.25, 0.3) is 0 Å². The number of fused-ring (bicyclic) bond motifs is 1. The van der Waals surface area contributed by atoms with Gasteiger partial charge in [-0.05, 0) is 30.3 Å². The molecular weight excluding hydrogens is 364 g/mol. The molecule has 9 nitrogen and oxygen atoms in total. The Bertz CT molecular complexity index is 1060. The van der Waals surface area contributed by atoms with Gasteiger partial charge >= 0.3 is 5.88 Å². The second kappa shape index (κ2) is 6.88. The molecule has 2 N–H and O–H groups in total. The van der Waals surface area contributed by atoms with Gasteiger partial charge in [0.1, 0.15) is 4.92 Å². The van der Waals surface area contributed by atoms with Crippen LogP contribution >= 0.6 is 0 Å². The van der Waals surface area contributed by atoms with Gasteiger partial charge in [-0.1, -0.05) is 30.3 Å². The Hall–Kier alpha value is -4.14. The van der Waals surface area contributed by atoms with Gasteiger partial charge in [0, 0.05) is 11.3 Å². The molecule has 4 rings (SSSR count). The number of hydrogen-bond acceptors (Lipinski definition) is 6. The quantitative estimate of drug-likeness (QED) is 0.532. The number of carbonyl (C=O) groups is 2. The van der Waals surface area contributed by atoms with Crippen molar-refractivity contribution in [2.45, 2.75) is 6.17 Å². The van der Waals surface area contributed by atoms with Crippen molar-refractivity contribution in [2.75, 3.05) is 5.32 Å². The van der Waals surface area contributed by atoms with Gasteiger partial charge in [-0.3, -0.25) is 25.1 Å². The molecule has 1 atom stereocenters. The molecule has 0 saturated carbocycles. The van der Waals surface area contributed by atoms with Gasteiger partial charge in [0.05, 0.1) is 11.6 Å². The average molecular weight is 378 g/mol. The summed E-state index contributed by atoms with van der Waals surface area (Å²) < 4.78 is 5.26. The first kappa shape index (κ1) is 17.3. The summed E-state index contributed by atoms with van der Waals surface area (Å²) in [6.45, 7) is 0. The minimum Gasteiger partial charge on any atom is -0.401 e. The summed E-state index contributed by atoms with van der Waals surface area (Å²) in [6.07, 6.45) is -0.955. The molecule has 1 aliphatic rings. The fourth-order valence-corrected chi connectivity index (χ4v) is 2.92. The van der Waals surface area contributed by atoms with E-state index in [2.05, 4.69) is 10.7 Å². The average Bonchev–Trinajstić information content (AvgIpc) is 3.21.